The van der Waals surface area contributed by atoms with Gasteiger partial charge in [-0.15, -0.1) is 12.4 Å². The van der Waals surface area contributed by atoms with Gasteiger partial charge in [0.15, 0.2) is 0 Å². The summed E-state index contributed by atoms with van der Waals surface area (Å²) < 4.78 is 0. The number of hydrogen-bond acceptors (Lipinski definition) is 4. The Kier molecular flexibility index (Phi) is 4.98. The quantitative estimate of drug-likeness (QED) is 0.620. The fourth-order valence-electron chi connectivity index (χ4n) is 2.15. The minimum absolute atomic E-state index is 0. The molecule has 2 aliphatic rings. The molecule has 2 fully saturated rings. The molecule has 2 N–H and O–H groups in total. The van der Waals surface area contributed by atoms with Gasteiger partial charge in [0.2, 0.25) is 5.91 Å². The molecule has 0 saturated carbocycles. The third-order valence-corrected chi connectivity index (χ3v) is 3.22. The fourth-order valence-corrected chi connectivity index (χ4v) is 2.15. The van der Waals surface area contributed by atoms with Gasteiger partial charge in [-0.2, -0.15) is 0 Å². The zero-order valence-electron chi connectivity index (χ0n) is 9.56. The lowest BCUT2D eigenvalue weighted by Gasteiger charge is -2.33. The van der Waals surface area contributed by atoms with Crippen molar-refractivity contribution in [2.75, 3.05) is 39.8 Å². The molecule has 2 rings (SSSR count). The first-order chi connectivity index (χ1) is 7.16. The van der Waals surface area contributed by atoms with Gasteiger partial charge in [0.05, 0.1) is 12.1 Å². The van der Waals surface area contributed by atoms with Gasteiger partial charge in [0.25, 0.3) is 0 Å². The second kappa shape index (κ2) is 5.82. The summed E-state index contributed by atoms with van der Waals surface area (Å²) in [7, 11) is 2.07. The van der Waals surface area contributed by atoms with Gasteiger partial charge in [-0.05, 0) is 13.5 Å². The monoisotopic (exact) mass is 249 g/mol. The van der Waals surface area contributed by atoms with Crippen LogP contribution in [0.5, 0.6) is 0 Å². The highest BCUT2D eigenvalue weighted by Gasteiger charge is 2.32. The summed E-state index contributed by atoms with van der Waals surface area (Å²) >= 11 is 0. The molecule has 2 aliphatic heterocycles. The molecular weight excluding hydrogens is 230 g/mol. The third-order valence-electron chi connectivity index (χ3n) is 3.22. The normalized spacial score (nSPS) is 31.2. The van der Waals surface area contributed by atoms with Crippen LogP contribution in [0.25, 0.3) is 0 Å². The number of amides is 1. The molecule has 0 bridgehead atoms. The number of piperazine rings is 1. The highest BCUT2D eigenvalue weighted by Crippen LogP contribution is 2.11. The molecule has 2 saturated heterocycles. The molecule has 0 unspecified atom stereocenters. The van der Waals surface area contributed by atoms with Crippen molar-refractivity contribution in [1.29, 1.82) is 0 Å². The van der Waals surface area contributed by atoms with E-state index in [-0.39, 0.29) is 30.5 Å². The molecular formula is C10H20ClN3O2. The topological polar surface area (TPSA) is 55.8 Å². The summed E-state index contributed by atoms with van der Waals surface area (Å²) in [5.41, 5.74) is 0. The van der Waals surface area contributed by atoms with Crippen LogP contribution in [0, 0.1) is 0 Å². The maximum atomic E-state index is 12.0. The number of aliphatic hydroxyl groups is 1. The number of β-amino-alcohol motifs (C(OH)–C–C–N with tert-alkyl or cyclic N) is 1. The van der Waals surface area contributed by atoms with E-state index in [4.69, 9.17) is 0 Å². The smallest absolute Gasteiger partial charge is 0.239 e. The number of hydrogen-bond donors (Lipinski definition) is 2. The predicted octanol–water partition coefficient (Wildman–Crippen LogP) is -1.09. The predicted molar refractivity (Wildman–Crippen MR) is 63.7 cm³/mol. The summed E-state index contributed by atoms with van der Waals surface area (Å²) in [5, 5.41) is 12.4. The molecule has 0 aromatic rings. The zero-order chi connectivity index (χ0) is 10.8. The molecule has 6 heteroatoms. The Labute approximate surface area is 102 Å². The van der Waals surface area contributed by atoms with E-state index in [0.29, 0.717) is 13.0 Å². The number of nitrogens with zero attached hydrogens (tertiary/aromatic N) is 2. The van der Waals surface area contributed by atoms with E-state index in [1.807, 2.05) is 4.90 Å². The van der Waals surface area contributed by atoms with Crippen molar-refractivity contribution in [2.45, 2.75) is 18.6 Å². The van der Waals surface area contributed by atoms with Crippen LogP contribution in [0.1, 0.15) is 6.42 Å². The molecule has 2 atom stereocenters. The Hall–Kier alpha value is -0.360. The van der Waals surface area contributed by atoms with E-state index in [1.165, 1.54) is 0 Å². The van der Waals surface area contributed by atoms with Crippen molar-refractivity contribution >= 4 is 18.3 Å². The minimum Gasteiger partial charge on any atom is -0.392 e. The molecule has 0 radical (unpaired) electrons. The molecule has 0 spiro atoms. The number of nitrogens with one attached hydrogen (secondary N) is 1. The summed E-state index contributed by atoms with van der Waals surface area (Å²) in [5.74, 6) is 0.152. The zero-order valence-corrected chi connectivity index (χ0v) is 10.4. The Morgan fingerprint density at radius 1 is 1.31 bits per heavy atom. The average molecular weight is 250 g/mol. The van der Waals surface area contributed by atoms with E-state index in [1.54, 1.807) is 0 Å². The Morgan fingerprint density at radius 3 is 2.44 bits per heavy atom. The molecule has 1 amide bonds. The number of likely N-dealkylation sites (N-methyl/N-ethyl adjacent to an activating group) is 1. The lowest BCUT2D eigenvalue weighted by Crippen LogP contribution is -2.52. The van der Waals surface area contributed by atoms with Crippen molar-refractivity contribution in [1.82, 2.24) is 15.1 Å². The van der Waals surface area contributed by atoms with Gasteiger partial charge in [-0.25, -0.2) is 0 Å². The Morgan fingerprint density at radius 2 is 1.94 bits per heavy atom. The van der Waals surface area contributed by atoms with E-state index >= 15 is 0 Å². The van der Waals surface area contributed by atoms with E-state index in [9.17, 15) is 9.90 Å². The van der Waals surface area contributed by atoms with Crippen molar-refractivity contribution in [3.8, 4) is 0 Å². The first-order valence-corrected chi connectivity index (χ1v) is 5.55. The van der Waals surface area contributed by atoms with Crippen molar-refractivity contribution in [2.24, 2.45) is 0 Å². The van der Waals surface area contributed by atoms with Crippen LogP contribution in [0.15, 0.2) is 0 Å². The number of carbonyl (C=O) groups is 1. The highest BCUT2D eigenvalue weighted by molar-refractivity contribution is 5.85. The number of rotatable bonds is 1. The standard InChI is InChI=1S/C10H19N3O2.ClH/c1-12-2-4-13(5-3-12)10(15)9-6-8(14)7-11-9;/h8-9,11,14H,2-7H2,1H3;1H/t8-,9+;/m0./s1. The molecule has 5 nitrogen and oxygen atoms in total. The van der Waals surface area contributed by atoms with Gasteiger partial charge in [-0.3, -0.25) is 4.79 Å². The molecule has 0 aliphatic carbocycles. The van der Waals surface area contributed by atoms with Gasteiger partial charge < -0.3 is 20.2 Å². The molecule has 0 aromatic carbocycles. The molecule has 94 valence electrons. The Bertz CT molecular complexity index is 244. The van der Waals surface area contributed by atoms with Crippen LogP contribution in [-0.2, 0) is 4.79 Å². The minimum atomic E-state index is -0.355. The Balaban J connectivity index is 0.00000128. The van der Waals surface area contributed by atoms with E-state index in [0.717, 1.165) is 26.2 Å². The summed E-state index contributed by atoms with van der Waals surface area (Å²) in [6.45, 7) is 4.05. The van der Waals surface area contributed by atoms with Crippen LogP contribution in [0.4, 0.5) is 0 Å². The van der Waals surface area contributed by atoms with Crippen molar-refractivity contribution < 1.29 is 9.90 Å². The van der Waals surface area contributed by atoms with Crippen molar-refractivity contribution in [3.63, 3.8) is 0 Å². The average Bonchev–Trinajstić information content (AvgIpc) is 2.65. The first kappa shape index (κ1) is 13.7. The van der Waals surface area contributed by atoms with Gasteiger partial charge >= 0.3 is 0 Å². The third kappa shape index (κ3) is 3.07. The van der Waals surface area contributed by atoms with Crippen molar-refractivity contribution in [3.05, 3.63) is 0 Å². The van der Waals surface area contributed by atoms with Crippen LogP contribution in [0.3, 0.4) is 0 Å². The van der Waals surface area contributed by atoms with Gasteiger partial charge in [0, 0.05) is 32.7 Å². The van der Waals surface area contributed by atoms with Crippen LogP contribution in [-0.4, -0.2) is 72.7 Å². The molecule has 0 aromatic heterocycles. The van der Waals surface area contributed by atoms with Crippen LogP contribution in [0.2, 0.25) is 0 Å². The SMILES string of the molecule is CN1CCN(C(=O)[C@H]2C[C@H](O)CN2)CC1.Cl. The largest absolute Gasteiger partial charge is 0.392 e. The maximum Gasteiger partial charge on any atom is 0.239 e. The number of halogens is 1. The van der Waals surface area contributed by atoms with Crippen LogP contribution >= 0.6 is 12.4 Å². The maximum absolute atomic E-state index is 12.0. The molecule has 2 heterocycles. The second-order valence-corrected chi connectivity index (χ2v) is 4.48. The van der Waals surface area contributed by atoms with E-state index < -0.39 is 0 Å². The molecule has 16 heavy (non-hydrogen) atoms. The summed E-state index contributed by atoms with van der Waals surface area (Å²) in [6, 6.07) is -0.164. The fraction of sp³-hybridized carbons (Fsp3) is 0.900. The van der Waals surface area contributed by atoms with Gasteiger partial charge in [-0.1, -0.05) is 0 Å². The highest BCUT2D eigenvalue weighted by atomic mass is 35.5. The van der Waals surface area contributed by atoms with E-state index in [2.05, 4.69) is 17.3 Å². The van der Waals surface area contributed by atoms with Crippen LogP contribution < -0.4 is 5.32 Å². The lowest BCUT2D eigenvalue weighted by atomic mass is 10.1. The summed E-state index contributed by atoms with van der Waals surface area (Å²) in [4.78, 5) is 16.1. The number of carbonyl (C=O) groups excluding carboxylic acids is 1. The summed E-state index contributed by atoms with van der Waals surface area (Å²) in [6.07, 6.45) is 0.206. The second-order valence-electron chi connectivity index (χ2n) is 4.48. The first-order valence-electron chi connectivity index (χ1n) is 5.55. The lowest BCUT2D eigenvalue weighted by molar-refractivity contribution is -0.134. The van der Waals surface area contributed by atoms with Gasteiger partial charge in [0.1, 0.15) is 0 Å². The number of aliphatic hydroxyl groups excluding tert-OH is 1.